The van der Waals surface area contributed by atoms with E-state index in [2.05, 4.69) is 23.8 Å². The monoisotopic (exact) mass is 386 g/mol. The maximum absolute atomic E-state index is 12.1. The number of nitrogens with one attached hydrogen (secondary N) is 2. The van der Waals surface area contributed by atoms with E-state index in [1.807, 2.05) is 37.4 Å². The summed E-state index contributed by atoms with van der Waals surface area (Å²) in [6.45, 7) is 12.0. The smallest absolute Gasteiger partial charge is 0.410 e. The minimum atomic E-state index is -0.430. The number of rotatable bonds is 8. The zero-order chi connectivity index (χ0) is 19.4. The van der Waals surface area contributed by atoms with Crippen LogP contribution in [0.4, 0.5) is 4.79 Å². The Bertz CT molecular complexity index is 430. The highest BCUT2D eigenvalue weighted by atomic mass is 32.2. The van der Waals surface area contributed by atoms with Gasteiger partial charge in [-0.25, -0.2) is 4.79 Å². The molecule has 1 saturated heterocycles. The van der Waals surface area contributed by atoms with Gasteiger partial charge in [-0.1, -0.05) is 0 Å². The highest BCUT2D eigenvalue weighted by Crippen LogP contribution is 2.19. The van der Waals surface area contributed by atoms with Gasteiger partial charge in [0.15, 0.2) is 5.96 Å². The Balaban J connectivity index is 2.34. The molecular formula is C19H38N4O2S. The first kappa shape index (κ1) is 22.9. The van der Waals surface area contributed by atoms with Gasteiger partial charge in [0, 0.05) is 32.7 Å². The molecule has 0 aliphatic carbocycles. The van der Waals surface area contributed by atoms with Gasteiger partial charge in [-0.2, -0.15) is 11.8 Å². The van der Waals surface area contributed by atoms with Crippen LogP contribution in [0.2, 0.25) is 0 Å². The molecule has 1 rings (SSSR count). The van der Waals surface area contributed by atoms with E-state index in [0.29, 0.717) is 5.92 Å². The highest BCUT2D eigenvalue weighted by molar-refractivity contribution is 7.98. The normalized spacial score (nSPS) is 16.5. The van der Waals surface area contributed by atoms with Crippen molar-refractivity contribution in [1.29, 1.82) is 0 Å². The van der Waals surface area contributed by atoms with Gasteiger partial charge in [-0.15, -0.1) is 0 Å². The van der Waals surface area contributed by atoms with Crippen molar-refractivity contribution in [3.8, 4) is 0 Å². The van der Waals surface area contributed by atoms with Crippen molar-refractivity contribution >= 4 is 23.8 Å². The minimum Gasteiger partial charge on any atom is -0.444 e. The van der Waals surface area contributed by atoms with Crippen LogP contribution in [-0.2, 0) is 4.74 Å². The molecule has 1 aliphatic heterocycles. The Labute approximate surface area is 163 Å². The molecular weight excluding hydrogens is 348 g/mol. The Morgan fingerprint density at radius 2 is 1.92 bits per heavy atom. The maximum Gasteiger partial charge on any atom is 0.410 e. The first-order valence-corrected chi connectivity index (χ1v) is 11.2. The third-order valence-electron chi connectivity index (χ3n) is 4.19. The number of thioether (sulfide) groups is 1. The maximum atomic E-state index is 12.1. The molecule has 0 aromatic rings. The second-order valence-electron chi connectivity index (χ2n) is 7.76. The Morgan fingerprint density at radius 3 is 2.50 bits per heavy atom. The number of hydrogen-bond acceptors (Lipinski definition) is 4. The summed E-state index contributed by atoms with van der Waals surface area (Å²) < 4.78 is 5.45. The summed E-state index contributed by atoms with van der Waals surface area (Å²) in [5.74, 6) is 2.65. The van der Waals surface area contributed by atoms with Gasteiger partial charge in [0.25, 0.3) is 0 Å². The molecule has 1 aliphatic rings. The molecule has 0 aromatic carbocycles. The van der Waals surface area contributed by atoms with Crippen molar-refractivity contribution < 1.29 is 9.53 Å². The lowest BCUT2D eigenvalue weighted by Crippen LogP contribution is -2.42. The molecule has 0 spiro atoms. The fraction of sp³-hybridized carbons (Fsp3) is 0.895. The average Bonchev–Trinajstić information content (AvgIpc) is 2.58. The van der Waals surface area contributed by atoms with E-state index in [9.17, 15) is 4.79 Å². The standard InChI is InChI=1S/C19H38N4O2S/c1-6-20-17(21-11-7-8-14-26-5)22-15-16-9-12-23(13-10-16)18(24)25-19(2,3)4/h16H,6-15H2,1-5H3,(H2,20,21,22). The van der Waals surface area contributed by atoms with Gasteiger partial charge < -0.3 is 20.3 Å². The average molecular weight is 387 g/mol. The van der Waals surface area contributed by atoms with E-state index in [4.69, 9.17) is 9.73 Å². The number of guanidine groups is 1. The van der Waals surface area contributed by atoms with Gasteiger partial charge in [0.2, 0.25) is 0 Å². The summed E-state index contributed by atoms with van der Waals surface area (Å²) in [6, 6.07) is 0. The summed E-state index contributed by atoms with van der Waals surface area (Å²) in [4.78, 5) is 18.7. The number of amides is 1. The zero-order valence-electron chi connectivity index (χ0n) is 17.3. The van der Waals surface area contributed by atoms with Crippen LogP contribution in [0.25, 0.3) is 0 Å². The molecule has 0 atom stereocenters. The molecule has 1 heterocycles. The topological polar surface area (TPSA) is 66.0 Å². The Kier molecular flexibility index (Phi) is 10.9. The number of ether oxygens (including phenoxy) is 1. The lowest BCUT2D eigenvalue weighted by molar-refractivity contribution is 0.0187. The number of carbonyl (C=O) groups is 1. The summed E-state index contributed by atoms with van der Waals surface area (Å²) in [5.41, 5.74) is -0.430. The zero-order valence-corrected chi connectivity index (χ0v) is 18.1. The first-order chi connectivity index (χ1) is 12.4. The Morgan fingerprint density at radius 1 is 1.23 bits per heavy atom. The second-order valence-corrected chi connectivity index (χ2v) is 8.74. The summed E-state index contributed by atoms with van der Waals surface area (Å²) in [7, 11) is 0. The molecule has 0 radical (unpaired) electrons. The van der Waals surface area contributed by atoms with E-state index in [0.717, 1.165) is 51.5 Å². The lowest BCUT2D eigenvalue weighted by atomic mass is 9.97. The van der Waals surface area contributed by atoms with Crippen LogP contribution in [0.3, 0.4) is 0 Å². The van der Waals surface area contributed by atoms with Gasteiger partial charge in [-0.05, 0) is 71.3 Å². The summed E-state index contributed by atoms with van der Waals surface area (Å²) >= 11 is 1.89. The largest absolute Gasteiger partial charge is 0.444 e. The van der Waals surface area contributed by atoms with Gasteiger partial charge in [0.05, 0.1) is 0 Å². The van der Waals surface area contributed by atoms with Gasteiger partial charge in [-0.3, -0.25) is 4.99 Å². The number of aliphatic imine (C=N–C) groups is 1. The van der Waals surface area contributed by atoms with Gasteiger partial charge >= 0.3 is 6.09 Å². The van der Waals surface area contributed by atoms with Crippen LogP contribution in [0.5, 0.6) is 0 Å². The number of piperidine rings is 1. The van der Waals surface area contributed by atoms with Crippen molar-refractivity contribution in [2.75, 3.05) is 44.7 Å². The second kappa shape index (κ2) is 12.3. The number of hydrogen-bond donors (Lipinski definition) is 2. The van der Waals surface area contributed by atoms with Crippen LogP contribution in [-0.4, -0.2) is 67.3 Å². The predicted molar refractivity (Wildman–Crippen MR) is 112 cm³/mol. The van der Waals surface area contributed by atoms with E-state index < -0.39 is 5.60 Å². The van der Waals surface area contributed by atoms with Crippen molar-refractivity contribution in [2.45, 2.75) is 59.0 Å². The third-order valence-corrected chi connectivity index (χ3v) is 4.88. The first-order valence-electron chi connectivity index (χ1n) is 9.84. The highest BCUT2D eigenvalue weighted by Gasteiger charge is 2.26. The predicted octanol–water partition coefficient (Wildman–Crippen LogP) is 3.33. The van der Waals surface area contributed by atoms with Crippen LogP contribution in [0.15, 0.2) is 4.99 Å². The van der Waals surface area contributed by atoms with Crippen molar-refractivity contribution in [2.24, 2.45) is 10.9 Å². The summed E-state index contributed by atoms with van der Waals surface area (Å²) in [5, 5.41) is 6.73. The van der Waals surface area contributed by atoms with Crippen LogP contribution in [0, 0.1) is 5.92 Å². The van der Waals surface area contributed by atoms with E-state index in [1.54, 1.807) is 0 Å². The van der Waals surface area contributed by atoms with Gasteiger partial charge in [0.1, 0.15) is 5.60 Å². The molecule has 152 valence electrons. The van der Waals surface area contributed by atoms with Crippen molar-refractivity contribution in [3.05, 3.63) is 0 Å². The molecule has 6 nitrogen and oxygen atoms in total. The molecule has 0 unspecified atom stereocenters. The fourth-order valence-electron chi connectivity index (χ4n) is 2.76. The molecule has 26 heavy (non-hydrogen) atoms. The Hall–Kier alpha value is -1.11. The number of carbonyl (C=O) groups excluding carboxylic acids is 1. The SMILES string of the molecule is CCNC(=NCC1CCN(C(=O)OC(C)(C)C)CC1)NCCCCSC. The molecule has 0 aromatic heterocycles. The van der Waals surface area contributed by atoms with E-state index in [-0.39, 0.29) is 6.09 Å². The molecule has 1 amide bonds. The van der Waals surface area contributed by atoms with E-state index >= 15 is 0 Å². The molecule has 1 fully saturated rings. The number of likely N-dealkylation sites (tertiary alicyclic amines) is 1. The number of nitrogens with zero attached hydrogens (tertiary/aromatic N) is 2. The van der Waals surface area contributed by atoms with Crippen LogP contribution >= 0.6 is 11.8 Å². The summed E-state index contributed by atoms with van der Waals surface area (Å²) in [6.07, 6.45) is 6.31. The van der Waals surface area contributed by atoms with E-state index in [1.165, 1.54) is 18.6 Å². The molecule has 0 bridgehead atoms. The van der Waals surface area contributed by atoms with Crippen molar-refractivity contribution in [3.63, 3.8) is 0 Å². The van der Waals surface area contributed by atoms with Crippen LogP contribution < -0.4 is 10.6 Å². The lowest BCUT2D eigenvalue weighted by Gasteiger charge is -2.33. The quantitative estimate of drug-likeness (QED) is 0.380. The molecule has 2 N–H and O–H groups in total. The third kappa shape index (κ3) is 10.1. The van der Waals surface area contributed by atoms with Crippen LogP contribution in [0.1, 0.15) is 53.4 Å². The fourth-order valence-corrected chi connectivity index (χ4v) is 3.26. The van der Waals surface area contributed by atoms with Crippen molar-refractivity contribution in [1.82, 2.24) is 15.5 Å². The number of unbranched alkanes of at least 4 members (excludes halogenated alkanes) is 1. The molecule has 0 saturated carbocycles. The molecule has 7 heteroatoms. The minimum absolute atomic E-state index is 0.195.